The maximum absolute atomic E-state index is 14.0. The summed E-state index contributed by atoms with van der Waals surface area (Å²) in [6.07, 6.45) is 4.14. The highest BCUT2D eigenvalue weighted by Gasteiger charge is 2.44. The van der Waals surface area contributed by atoms with Crippen molar-refractivity contribution in [2.45, 2.75) is 104 Å². The van der Waals surface area contributed by atoms with Crippen LogP contribution in [0.25, 0.3) is 20.5 Å². The van der Waals surface area contributed by atoms with E-state index in [1.807, 2.05) is 52.0 Å². The van der Waals surface area contributed by atoms with Gasteiger partial charge in [-0.3, -0.25) is 19.2 Å². The lowest BCUT2D eigenvalue weighted by Crippen LogP contribution is -2.57. The third-order valence-corrected chi connectivity index (χ3v) is 13.6. The van der Waals surface area contributed by atoms with E-state index in [-0.39, 0.29) is 60.4 Å². The minimum atomic E-state index is -0.867. The van der Waals surface area contributed by atoms with Gasteiger partial charge in [0.05, 0.1) is 12.1 Å². The zero-order valence-electron chi connectivity index (χ0n) is 38.5. The molecule has 4 aromatic carbocycles. The van der Waals surface area contributed by atoms with Crippen molar-refractivity contribution in [1.82, 2.24) is 20.4 Å². The Morgan fingerprint density at radius 1 is 0.864 bits per heavy atom. The second-order valence-corrected chi connectivity index (χ2v) is 19.7. The van der Waals surface area contributed by atoms with E-state index in [0.717, 1.165) is 71.4 Å². The molecule has 4 atom stereocenters. The fourth-order valence-electron chi connectivity index (χ4n) is 8.34. The number of rotatable bonds is 21. The van der Waals surface area contributed by atoms with E-state index >= 15 is 0 Å². The number of halogens is 1. The van der Waals surface area contributed by atoms with Gasteiger partial charge in [0, 0.05) is 57.0 Å². The van der Waals surface area contributed by atoms with Crippen molar-refractivity contribution in [2.75, 3.05) is 32.8 Å². The second-order valence-electron chi connectivity index (χ2n) is 18.2. The van der Waals surface area contributed by atoms with Crippen LogP contribution in [0, 0.1) is 5.41 Å². The van der Waals surface area contributed by atoms with Crippen LogP contribution in [0.2, 0.25) is 5.02 Å². The lowest BCUT2D eigenvalue weighted by atomic mass is 9.85. The Morgan fingerprint density at radius 3 is 2.21 bits per heavy atom. The molecule has 0 saturated carbocycles. The Labute approximate surface area is 396 Å². The summed E-state index contributed by atoms with van der Waals surface area (Å²) in [5.74, 6) is -0.143. The Hall–Kier alpha value is -5.47. The molecule has 12 nitrogen and oxygen atoms in total. The van der Waals surface area contributed by atoms with Crippen LogP contribution in [0.5, 0.6) is 17.2 Å². The van der Waals surface area contributed by atoms with Gasteiger partial charge in [-0.15, -0.1) is 11.3 Å². The number of nitrogens with zero attached hydrogens (tertiary/aromatic N) is 2. The summed E-state index contributed by atoms with van der Waals surface area (Å²) in [6, 6.07) is 24.0. The summed E-state index contributed by atoms with van der Waals surface area (Å²) in [5.41, 5.74) is 2.11. The standard InChI is InChI=1S/C52H63ClN4O8S/c1-6-56(28-29-65-41-24-17-35(18-25-41)47(62)46-42-26-23-39(59)31-44(42)66-48(46)36-15-21-38(58)22-16-36)27-11-9-7-8-10-12-45(61)55-49(52(3,4)5)51(64)57-32-40(60)30-43(57)50(63)54-33(2)34-13-19-37(53)20-14-34/h13-26,31,33,40,43,49,58-60H,6-12,27-30,32H2,1-5H3,(H,54,63)(H,55,61)/t33?,40-,43+,49?/m1/s1. The molecule has 1 fully saturated rings. The summed E-state index contributed by atoms with van der Waals surface area (Å²) in [4.78, 5) is 59.1. The predicted molar refractivity (Wildman–Crippen MR) is 261 cm³/mol. The van der Waals surface area contributed by atoms with Gasteiger partial charge in [0.25, 0.3) is 0 Å². The highest BCUT2D eigenvalue weighted by Crippen LogP contribution is 2.41. The molecular weight excluding hydrogens is 876 g/mol. The summed E-state index contributed by atoms with van der Waals surface area (Å²) >= 11 is 7.45. The second kappa shape index (κ2) is 22.8. The van der Waals surface area contributed by atoms with Crippen LogP contribution in [0.15, 0.2) is 91.0 Å². The van der Waals surface area contributed by atoms with Crippen molar-refractivity contribution >= 4 is 56.5 Å². The largest absolute Gasteiger partial charge is 0.508 e. The molecule has 1 aliphatic heterocycles. The SMILES string of the molecule is CCN(CCCCCCCC(=O)NC(C(=O)N1C[C@H](O)C[C@H]1C(=O)NC(C)c1ccc(Cl)cc1)C(C)(C)C)CCOc1ccc(C(=O)c2c(-c3ccc(O)cc3)sc3cc(O)ccc23)cc1. The number of carbonyl (C=O) groups is 4. The number of benzene rings is 4. The zero-order chi connectivity index (χ0) is 47.5. The van der Waals surface area contributed by atoms with Gasteiger partial charge in [-0.25, -0.2) is 0 Å². The molecule has 3 amide bonds. The predicted octanol–water partition coefficient (Wildman–Crippen LogP) is 9.28. The van der Waals surface area contributed by atoms with Crippen LogP contribution in [0.4, 0.5) is 0 Å². The smallest absolute Gasteiger partial charge is 0.246 e. The van der Waals surface area contributed by atoms with Crippen molar-refractivity contribution in [2.24, 2.45) is 5.41 Å². The van der Waals surface area contributed by atoms with Crippen LogP contribution >= 0.6 is 22.9 Å². The van der Waals surface area contributed by atoms with Gasteiger partial charge in [-0.05, 0) is 128 Å². The Kier molecular flexibility index (Phi) is 17.3. The van der Waals surface area contributed by atoms with E-state index in [0.29, 0.717) is 34.9 Å². The number of ether oxygens (including phenoxy) is 1. The first-order valence-corrected chi connectivity index (χ1v) is 24.1. The van der Waals surface area contributed by atoms with Gasteiger partial charge in [-0.1, -0.05) is 70.7 Å². The number of ketones is 1. The molecule has 6 rings (SSSR count). The van der Waals surface area contributed by atoms with E-state index in [1.54, 1.807) is 66.7 Å². The molecule has 0 bridgehead atoms. The highest BCUT2D eigenvalue weighted by atomic mass is 35.5. The molecule has 1 saturated heterocycles. The lowest BCUT2D eigenvalue weighted by Gasteiger charge is -2.35. The molecule has 14 heteroatoms. The van der Waals surface area contributed by atoms with Crippen molar-refractivity contribution in [3.05, 3.63) is 113 Å². The number of aromatic hydroxyl groups is 2. The fraction of sp³-hybridized carbons (Fsp3) is 0.423. The molecule has 0 radical (unpaired) electrons. The molecule has 5 aromatic rings. The number of likely N-dealkylation sites (N-methyl/N-ethyl adjacent to an activating group) is 1. The topological polar surface area (TPSA) is 169 Å². The number of phenols is 2. The first kappa shape index (κ1) is 50.0. The first-order chi connectivity index (χ1) is 31.5. The zero-order valence-corrected chi connectivity index (χ0v) is 40.1. The van der Waals surface area contributed by atoms with E-state index < -0.39 is 23.6 Å². The van der Waals surface area contributed by atoms with Crippen LogP contribution in [0.1, 0.15) is 107 Å². The van der Waals surface area contributed by atoms with Gasteiger partial charge in [0.1, 0.15) is 35.9 Å². The summed E-state index contributed by atoms with van der Waals surface area (Å²) in [5, 5.41) is 37.8. The number of unbranched alkanes of at least 4 members (excludes halogenated alkanes) is 4. The summed E-state index contributed by atoms with van der Waals surface area (Å²) in [7, 11) is 0. The molecule has 66 heavy (non-hydrogen) atoms. The number of aliphatic hydroxyl groups excluding tert-OH is 1. The normalized spacial score (nSPS) is 16.0. The number of hydrogen-bond donors (Lipinski definition) is 5. The van der Waals surface area contributed by atoms with E-state index in [1.165, 1.54) is 16.2 Å². The van der Waals surface area contributed by atoms with E-state index in [4.69, 9.17) is 16.3 Å². The number of carbonyl (C=O) groups excluding carboxylic acids is 4. The van der Waals surface area contributed by atoms with Crippen LogP contribution < -0.4 is 15.4 Å². The minimum Gasteiger partial charge on any atom is -0.508 e. The van der Waals surface area contributed by atoms with Crippen molar-refractivity contribution in [3.8, 4) is 27.7 Å². The molecule has 1 aliphatic rings. The van der Waals surface area contributed by atoms with Crippen LogP contribution in [-0.4, -0.2) is 99.6 Å². The van der Waals surface area contributed by atoms with Gasteiger partial charge >= 0.3 is 0 Å². The van der Waals surface area contributed by atoms with Crippen LogP contribution in [-0.2, 0) is 14.4 Å². The Balaban J connectivity index is 0.903. The number of likely N-dealkylation sites (tertiary alicyclic amines) is 1. The Morgan fingerprint density at radius 2 is 1.53 bits per heavy atom. The summed E-state index contributed by atoms with van der Waals surface area (Å²) in [6.45, 7) is 12.7. The number of amides is 3. The number of β-amino-alcohol motifs (C(OH)–C–C–N with tert-alkyl or cyclic N) is 1. The third kappa shape index (κ3) is 13.1. The highest BCUT2D eigenvalue weighted by molar-refractivity contribution is 7.22. The number of aliphatic hydroxyl groups is 1. The Bertz CT molecular complexity index is 2430. The number of nitrogens with one attached hydrogen (secondary N) is 2. The molecule has 2 unspecified atom stereocenters. The number of phenolic OH excluding ortho intramolecular Hbond substituents is 2. The number of hydrogen-bond acceptors (Lipinski definition) is 10. The van der Waals surface area contributed by atoms with Crippen molar-refractivity contribution in [3.63, 3.8) is 0 Å². The van der Waals surface area contributed by atoms with Gasteiger partial charge in [0.2, 0.25) is 17.7 Å². The average Bonchev–Trinajstić information content (AvgIpc) is 3.87. The number of thiophene rings is 1. The molecule has 0 spiro atoms. The molecule has 5 N–H and O–H groups in total. The molecule has 0 aliphatic carbocycles. The molecule has 2 heterocycles. The third-order valence-electron chi connectivity index (χ3n) is 12.2. The van der Waals surface area contributed by atoms with E-state index in [9.17, 15) is 34.5 Å². The minimum absolute atomic E-state index is 0.0172. The van der Waals surface area contributed by atoms with Crippen molar-refractivity contribution < 1.29 is 39.2 Å². The van der Waals surface area contributed by atoms with E-state index in [2.05, 4.69) is 22.5 Å². The quantitative estimate of drug-likeness (QED) is 0.0356. The van der Waals surface area contributed by atoms with Crippen LogP contribution in [0.3, 0.4) is 0 Å². The average molecular weight is 940 g/mol. The summed E-state index contributed by atoms with van der Waals surface area (Å²) < 4.78 is 6.88. The molecule has 1 aromatic heterocycles. The van der Waals surface area contributed by atoms with Gasteiger partial charge < -0.3 is 40.5 Å². The monoisotopic (exact) mass is 938 g/mol. The number of fused-ring (bicyclic) bond motifs is 1. The fourth-order valence-corrected chi connectivity index (χ4v) is 9.71. The lowest BCUT2D eigenvalue weighted by molar-refractivity contribution is -0.144. The van der Waals surface area contributed by atoms with Gasteiger partial charge in [0.15, 0.2) is 5.78 Å². The molecular formula is C52H63ClN4O8S. The first-order valence-electron chi connectivity index (χ1n) is 22.9. The molecule has 352 valence electrons. The maximum Gasteiger partial charge on any atom is 0.246 e. The van der Waals surface area contributed by atoms with Crippen molar-refractivity contribution in [1.29, 1.82) is 0 Å². The van der Waals surface area contributed by atoms with Gasteiger partial charge in [-0.2, -0.15) is 0 Å². The maximum atomic E-state index is 14.0.